The molecule has 0 unspecified atom stereocenters. The van der Waals surface area contributed by atoms with Crippen LogP contribution in [0.5, 0.6) is 5.75 Å². The summed E-state index contributed by atoms with van der Waals surface area (Å²) >= 11 is 6.58. The molecule has 0 spiro atoms. The molecule has 3 aromatic rings. The zero-order valence-electron chi connectivity index (χ0n) is 19.3. The largest absolute Gasteiger partial charge is 0.491 e. The molecule has 0 N–H and O–H groups in total. The molecule has 0 saturated heterocycles. The van der Waals surface area contributed by atoms with Crippen molar-refractivity contribution in [2.75, 3.05) is 31.3 Å². The number of aryl methyl sites for hydroxylation is 2. The molecule has 0 bridgehead atoms. The van der Waals surface area contributed by atoms with Crippen LogP contribution in [0.1, 0.15) is 37.1 Å². The van der Waals surface area contributed by atoms with Gasteiger partial charge in [-0.3, -0.25) is 9.47 Å². The molecular formula is C24H30ClN5O3. The number of nitrogens with zero attached hydrogens (tertiary/aromatic N) is 5. The van der Waals surface area contributed by atoms with Crippen LogP contribution in [0.2, 0.25) is 5.02 Å². The Bertz CT molecular complexity index is 1040. The number of hydrogen-bond donors (Lipinski definition) is 0. The standard InChI is InChI=1S/C24H30ClN5O3/c1-4-6-20-22(25)23(28-16-27-20)30(24(31)29-11-10-26-17-29)12-14-33-21-8-7-19(15-18(21)3)9-13-32-5-2/h7-8,10-11,15-17H,4-6,9,12-14H2,1-3H3. The van der Waals surface area contributed by atoms with E-state index in [9.17, 15) is 4.79 Å². The van der Waals surface area contributed by atoms with Crippen molar-refractivity contribution in [3.05, 3.63) is 65.1 Å². The van der Waals surface area contributed by atoms with Crippen LogP contribution in [0.25, 0.3) is 0 Å². The average Bonchev–Trinajstić information content (AvgIpc) is 3.35. The van der Waals surface area contributed by atoms with Crippen LogP contribution in [0.4, 0.5) is 10.6 Å². The van der Waals surface area contributed by atoms with Gasteiger partial charge in [-0.05, 0) is 43.9 Å². The van der Waals surface area contributed by atoms with Gasteiger partial charge in [0.1, 0.15) is 30.0 Å². The van der Waals surface area contributed by atoms with Crippen LogP contribution < -0.4 is 9.64 Å². The Hall–Kier alpha value is -2.97. The summed E-state index contributed by atoms with van der Waals surface area (Å²) in [5, 5.41) is 0.377. The van der Waals surface area contributed by atoms with Crippen molar-refractivity contribution in [3.63, 3.8) is 0 Å². The molecule has 8 nitrogen and oxygen atoms in total. The number of ether oxygens (including phenoxy) is 2. The molecule has 1 aromatic carbocycles. The van der Waals surface area contributed by atoms with Crippen molar-refractivity contribution >= 4 is 23.4 Å². The number of halogens is 1. The van der Waals surface area contributed by atoms with Crippen molar-refractivity contribution in [1.29, 1.82) is 0 Å². The number of amides is 1. The van der Waals surface area contributed by atoms with Crippen molar-refractivity contribution < 1.29 is 14.3 Å². The lowest BCUT2D eigenvalue weighted by Crippen LogP contribution is -2.38. The third kappa shape index (κ3) is 6.52. The molecule has 2 heterocycles. The Morgan fingerprint density at radius 2 is 2.03 bits per heavy atom. The van der Waals surface area contributed by atoms with Crippen LogP contribution in [0.3, 0.4) is 0 Å². The van der Waals surface area contributed by atoms with E-state index in [0.29, 0.717) is 36.2 Å². The first-order valence-electron chi connectivity index (χ1n) is 11.1. The van der Waals surface area contributed by atoms with Gasteiger partial charge < -0.3 is 9.47 Å². The summed E-state index contributed by atoms with van der Waals surface area (Å²) in [7, 11) is 0. The first-order valence-corrected chi connectivity index (χ1v) is 11.5. The van der Waals surface area contributed by atoms with Gasteiger partial charge in [0.2, 0.25) is 0 Å². The molecule has 1 amide bonds. The van der Waals surface area contributed by atoms with Gasteiger partial charge in [0.25, 0.3) is 0 Å². The van der Waals surface area contributed by atoms with E-state index < -0.39 is 0 Å². The number of imidazole rings is 1. The summed E-state index contributed by atoms with van der Waals surface area (Å²) in [6.45, 7) is 7.97. The van der Waals surface area contributed by atoms with Crippen LogP contribution in [-0.4, -0.2) is 51.9 Å². The third-order valence-electron chi connectivity index (χ3n) is 5.09. The van der Waals surface area contributed by atoms with Gasteiger partial charge in [0.15, 0.2) is 5.82 Å². The zero-order valence-corrected chi connectivity index (χ0v) is 20.1. The highest BCUT2D eigenvalue weighted by atomic mass is 35.5. The maximum absolute atomic E-state index is 13.2. The fourth-order valence-electron chi connectivity index (χ4n) is 3.41. The highest BCUT2D eigenvalue weighted by Crippen LogP contribution is 2.27. The normalized spacial score (nSPS) is 10.9. The second-order valence-corrected chi connectivity index (χ2v) is 7.89. The average molecular weight is 472 g/mol. The summed E-state index contributed by atoms with van der Waals surface area (Å²) in [5.74, 6) is 1.13. The molecule has 2 aromatic heterocycles. The van der Waals surface area contributed by atoms with Gasteiger partial charge in [-0.15, -0.1) is 0 Å². The number of rotatable bonds is 11. The van der Waals surface area contributed by atoms with E-state index >= 15 is 0 Å². The zero-order chi connectivity index (χ0) is 23.6. The van der Waals surface area contributed by atoms with Gasteiger partial charge in [-0.25, -0.2) is 19.7 Å². The Labute approximate surface area is 199 Å². The molecule has 3 rings (SSSR count). The summed E-state index contributed by atoms with van der Waals surface area (Å²) in [6.07, 6.45) is 8.46. The number of carbonyl (C=O) groups is 1. The minimum Gasteiger partial charge on any atom is -0.491 e. The monoisotopic (exact) mass is 471 g/mol. The van der Waals surface area contributed by atoms with Crippen molar-refractivity contribution in [2.45, 2.75) is 40.0 Å². The molecule has 0 aliphatic carbocycles. The molecule has 176 valence electrons. The Balaban J connectivity index is 1.74. The molecule has 0 atom stereocenters. The molecule has 0 aliphatic heterocycles. The summed E-state index contributed by atoms with van der Waals surface area (Å²) < 4.78 is 12.8. The van der Waals surface area contributed by atoms with Gasteiger partial charge in [-0.2, -0.15) is 0 Å². The second-order valence-electron chi connectivity index (χ2n) is 7.51. The van der Waals surface area contributed by atoms with Gasteiger partial charge in [0.05, 0.1) is 18.8 Å². The molecule has 33 heavy (non-hydrogen) atoms. The van der Waals surface area contributed by atoms with Crippen LogP contribution >= 0.6 is 11.6 Å². The smallest absolute Gasteiger partial charge is 0.335 e. The Kier molecular flexibility index (Phi) is 9.21. The first kappa shape index (κ1) is 24.7. The molecular weight excluding hydrogens is 442 g/mol. The lowest BCUT2D eigenvalue weighted by molar-refractivity contribution is 0.151. The first-order chi connectivity index (χ1) is 16.0. The van der Waals surface area contributed by atoms with E-state index in [2.05, 4.69) is 21.0 Å². The molecule has 0 radical (unpaired) electrons. The van der Waals surface area contributed by atoms with Crippen molar-refractivity contribution in [2.24, 2.45) is 0 Å². The maximum Gasteiger partial charge on any atom is 0.335 e. The number of carbonyl (C=O) groups excluding carboxylic acids is 1. The quantitative estimate of drug-likeness (QED) is 0.376. The van der Waals surface area contributed by atoms with E-state index in [1.165, 1.54) is 27.7 Å². The maximum atomic E-state index is 13.2. The molecule has 9 heteroatoms. The van der Waals surface area contributed by atoms with Crippen molar-refractivity contribution in [1.82, 2.24) is 19.5 Å². The minimum absolute atomic E-state index is 0.255. The van der Waals surface area contributed by atoms with E-state index in [0.717, 1.165) is 24.2 Å². The SMILES string of the molecule is CCCc1ncnc(N(CCOc2ccc(CCOCC)cc2C)C(=O)n2ccnc2)c1Cl. The van der Waals surface area contributed by atoms with Crippen molar-refractivity contribution in [3.8, 4) is 5.75 Å². The predicted molar refractivity (Wildman–Crippen MR) is 128 cm³/mol. The van der Waals surface area contributed by atoms with Crippen LogP contribution in [0, 0.1) is 6.92 Å². The van der Waals surface area contributed by atoms with Gasteiger partial charge >= 0.3 is 6.03 Å². The summed E-state index contributed by atoms with van der Waals surface area (Å²) in [6, 6.07) is 5.77. The fraction of sp³-hybridized carbons (Fsp3) is 0.417. The molecule has 0 fully saturated rings. The highest BCUT2D eigenvalue weighted by molar-refractivity contribution is 6.34. The minimum atomic E-state index is -0.317. The molecule has 0 saturated carbocycles. The van der Waals surface area contributed by atoms with Crippen LogP contribution in [-0.2, 0) is 17.6 Å². The highest BCUT2D eigenvalue weighted by Gasteiger charge is 2.23. The Morgan fingerprint density at radius 1 is 1.18 bits per heavy atom. The van der Waals surface area contributed by atoms with Gasteiger partial charge in [-0.1, -0.05) is 37.1 Å². The molecule has 0 aliphatic rings. The number of hydrogen-bond acceptors (Lipinski definition) is 6. The predicted octanol–water partition coefficient (Wildman–Crippen LogP) is 4.72. The van der Waals surface area contributed by atoms with Gasteiger partial charge in [0, 0.05) is 19.0 Å². The Morgan fingerprint density at radius 3 is 2.73 bits per heavy atom. The third-order valence-corrected chi connectivity index (χ3v) is 5.48. The second kappa shape index (κ2) is 12.3. The van der Waals surface area contributed by atoms with E-state index in [-0.39, 0.29) is 19.2 Å². The number of aromatic nitrogens is 4. The lowest BCUT2D eigenvalue weighted by Gasteiger charge is -2.23. The summed E-state index contributed by atoms with van der Waals surface area (Å²) in [4.78, 5) is 27.2. The fourth-order valence-corrected chi connectivity index (χ4v) is 3.70. The summed E-state index contributed by atoms with van der Waals surface area (Å²) in [5.41, 5.74) is 2.94. The van der Waals surface area contributed by atoms with E-state index in [4.69, 9.17) is 21.1 Å². The topological polar surface area (TPSA) is 82.4 Å². The number of anilines is 1. The van der Waals surface area contributed by atoms with E-state index in [1.54, 1.807) is 12.4 Å². The lowest BCUT2D eigenvalue weighted by atomic mass is 10.1. The van der Waals surface area contributed by atoms with E-state index in [1.807, 2.05) is 32.9 Å². The van der Waals surface area contributed by atoms with Crippen LogP contribution in [0.15, 0.2) is 43.2 Å². The number of benzene rings is 1.